The highest BCUT2D eigenvalue weighted by molar-refractivity contribution is 7.90. The van der Waals surface area contributed by atoms with Crippen molar-refractivity contribution in [1.29, 1.82) is 5.26 Å². The summed E-state index contributed by atoms with van der Waals surface area (Å²) in [6.45, 7) is 0. The van der Waals surface area contributed by atoms with Crippen LogP contribution < -0.4 is 10.5 Å². The van der Waals surface area contributed by atoms with E-state index < -0.39 is 9.84 Å². The van der Waals surface area contributed by atoms with Gasteiger partial charge in [-0.25, -0.2) is 8.42 Å². The molecule has 0 aliphatic rings. The number of hydrogen-bond acceptors (Lipinski definition) is 5. The Morgan fingerprint density at radius 2 is 1.95 bits per heavy atom. The molecule has 20 heavy (non-hydrogen) atoms. The van der Waals surface area contributed by atoms with Crippen molar-refractivity contribution in [3.63, 3.8) is 0 Å². The van der Waals surface area contributed by atoms with Crippen molar-refractivity contribution in [1.82, 2.24) is 0 Å². The molecule has 6 heteroatoms. The van der Waals surface area contributed by atoms with Gasteiger partial charge in [-0.3, -0.25) is 0 Å². The molecule has 0 saturated heterocycles. The first-order valence-corrected chi connectivity index (χ1v) is 7.57. The fourth-order valence-electron chi connectivity index (χ4n) is 1.59. The lowest BCUT2D eigenvalue weighted by atomic mass is 10.2. The van der Waals surface area contributed by atoms with Crippen molar-refractivity contribution < 1.29 is 13.2 Å². The number of hydrogen-bond donors (Lipinski definition) is 1. The zero-order chi connectivity index (χ0) is 14.8. The first kappa shape index (κ1) is 13.9. The molecule has 0 aromatic heterocycles. The van der Waals surface area contributed by atoms with Gasteiger partial charge in [-0.1, -0.05) is 6.07 Å². The highest BCUT2D eigenvalue weighted by Gasteiger charge is 2.09. The van der Waals surface area contributed by atoms with Gasteiger partial charge in [0.1, 0.15) is 5.75 Å². The Morgan fingerprint density at radius 1 is 1.20 bits per heavy atom. The summed E-state index contributed by atoms with van der Waals surface area (Å²) in [7, 11) is -3.30. The Labute approximate surface area is 117 Å². The molecule has 0 fully saturated rings. The standard InChI is InChI=1S/C14H12N2O3S/c1-20(17,18)12-4-2-3-11(8-12)19-14-7-10(9-15)5-6-13(14)16/h2-8H,16H2,1H3. The topological polar surface area (TPSA) is 93.2 Å². The molecular weight excluding hydrogens is 276 g/mol. The maximum atomic E-state index is 11.5. The Balaban J connectivity index is 2.38. The van der Waals surface area contributed by atoms with Gasteiger partial charge in [-0.2, -0.15) is 5.26 Å². The number of sulfone groups is 1. The minimum absolute atomic E-state index is 0.157. The summed E-state index contributed by atoms with van der Waals surface area (Å²) in [5, 5.41) is 8.84. The van der Waals surface area contributed by atoms with Crippen molar-refractivity contribution >= 4 is 15.5 Å². The highest BCUT2D eigenvalue weighted by Crippen LogP contribution is 2.29. The smallest absolute Gasteiger partial charge is 0.175 e. The van der Waals surface area contributed by atoms with E-state index in [9.17, 15) is 8.42 Å². The number of benzene rings is 2. The lowest BCUT2D eigenvalue weighted by Gasteiger charge is -2.09. The van der Waals surface area contributed by atoms with Crippen LogP contribution in [0.1, 0.15) is 5.56 Å². The summed E-state index contributed by atoms with van der Waals surface area (Å²) in [4.78, 5) is 0.157. The van der Waals surface area contributed by atoms with Gasteiger partial charge in [0.2, 0.25) is 0 Å². The van der Waals surface area contributed by atoms with Crippen molar-refractivity contribution in [2.45, 2.75) is 4.90 Å². The first-order valence-electron chi connectivity index (χ1n) is 5.68. The van der Waals surface area contributed by atoms with E-state index in [1.807, 2.05) is 6.07 Å². The fraction of sp³-hybridized carbons (Fsp3) is 0.0714. The van der Waals surface area contributed by atoms with Gasteiger partial charge in [0.25, 0.3) is 0 Å². The fourth-order valence-corrected chi connectivity index (χ4v) is 2.24. The van der Waals surface area contributed by atoms with Crippen molar-refractivity contribution in [2.24, 2.45) is 0 Å². The molecule has 0 aliphatic carbocycles. The largest absolute Gasteiger partial charge is 0.455 e. The zero-order valence-electron chi connectivity index (χ0n) is 10.7. The molecule has 2 aromatic carbocycles. The Hall–Kier alpha value is -2.52. The number of nitrogens with two attached hydrogens (primary N) is 1. The summed E-state index contributed by atoms with van der Waals surface area (Å²) < 4.78 is 28.5. The SMILES string of the molecule is CS(=O)(=O)c1cccc(Oc2cc(C#N)ccc2N)c1. The molecule has 2 aromatic rings. The van der Waals surface area contributed by atoms with Crippen LogP contribution in [0.25, 0.3) is 0 Å². The molecule has 102 valence electrons. The second kappa shape index (κ2) is 5.23. The zero-order valence-corrected chi connectivity index (χ0v) is 11.5. The van der Waals surface area contributed by atoms with E-state index >= 15 is 0 Å². The lowest BCUT2D eigenvalue weighted by molar-refractivity contribution is 0.483. The second-order valence-corrected chi connectivity index (χ2v) is 6.23. The number of nitriles is 1. The van der Waals surface area contributed by atoms with Crippen LogP contribution in [0.3, 0.4) is 0 Å². The molecule has 2 rings (SSSR count). The van der Waals surface area contributed by atoms with Gasteiger partial charge < -0.3 is 10.5 Å². The summed E-state index contributed by atoms with van der Waals surface area (Å²) in [5.74, 6) is 0.657. The van der Waals surface area contributed by atoms with Crippen LogP contribution in [0.15, 0.2) is 47.4 Å². The van der Waals surface area contributed by atoms with Crippen LogP contribution in [0, 0.1) is 11.3 Å². The van der Waals surface area contributed by atoms with Crippen molar-refractivity contribution in [2.75, 3.05) is 12.0 Å². The third-order valence-corrected chi connectivity index (χ3v) is 3.71. The minimum atomic E-state index is -3.30. The number of rotatable bonds is 3. The number of anilines is 1. The summed E-state index contributed by atoms with van der Waals surface area (Å²) in [6.07, 6.45) is 1.12. The third-order valence-electron chi connectivity index (χ3n) is 2.60. The van der Waals surface area contributed by atoms with Crippen LogP contribution in [0.5, 0.6) is 11.5 Å². The number of ether oxygens (including phenoxy) is 1. The van der Waals surface area contributed by atoms with Crippen molar-refractivity contribution in [3.8, 4) is 17.6 Å². The van der Waals surface area contributed by atoms with Crippen LogP contribution in [-0.4, -0.2) is 14.7 Å². The van der Waals surface area contributed by atoms with Gasteiger partial charge in [-0.15, -0.1) is 0 Å². The first-order chi connectivity index (χ1) is 9.40. The summed E-state index contributed by atoms with van der Waals surface area (Å²) in [5.41, 5.74) is 6.54. The molecular formula is C14H12N2O3S. The van der Waals surface area contributed by atoms with E-state index in [1.54, 1.807) is 24.3 Å². The predicted octanol–water partition coefficient (Wildman–Crippen LogP) is 2.34. The monoisotopic (exact) mass is 288 g/mol. The Bertz CT molecular complexity index is 792. The normalized spacial score (nSPS) is 10.8. The van der Waals surface area contributed by atoms with E-state index in [1.165, 1.54) is 18.2 Å². The summed E-state index contributed by atoms with van der Waals surface area (Å²) >= 11 is 0. The molecule has 0 heterocycles. The molecule has 0 radical (unpaired) electrons. The quantitative estimate of drug-likeness (QED) is 0.875. The molecule has 0 spiro atoms. The van der Waals surface area contributed by atoms with Gasteiger partial charge in [0.15, 0.2) is 15.6 Å². The lowest BCUT2D eigenvalue weighted by Crippen LogP contribution is -1.98. The van der Waals surface area contributed by atoms with Crippen LogP contribution in [-0.2, 0) is 9.84 Å². The minimum Gasteiger partial charge on any atom is -0.455 e. The third kappa shape index (κ3) is 3.08. The average Bonchev–Trinajstić information content (AvgIpc) is 2.41. The Kier molecular flexibility index (Phi) is 3.63. The van der Waals surface area contributed by atoms with Crippen LogP contribution >= 0.6 is 0 Å². The molecule has 0 aliphatic heterocycles. The van der Waals surface area contributed by atoms with E-state index in [2.05, 4.69) is 0 Å². The number of nitrogens with zero attached hydrogens (tertiary/aromatic N) is 1. The number of nitrogen functional groups attached to an aromatic ring is 1. The van der Waals surface area contributed by atoms with Gasteiger partial charge in [0, 0.05) is 12.3 Å². The molecule has 2 N–H and O–H groups in total. The molecule has 0 atom stereocenters. The van der Waals surface area contributed by atoms with E-state index in [4.69, 9.17) is 15.7 Å². The Morgan fingerprint density at radius 3 is 2.60 bits per heavy atom. The second-order valence-electron chi connectivity index (χ2n) is 4.21. The molecule has 0 unspecified atom stereocenters. The van der Waals surface area contributed by atoms with Crippen LogP contribution in [0.4, 0.5) is 5.69 Å². The summed E-state index contributed by atoms with van der Waals surface area (Å²) in [6, 6.07) is 12.7. The van der Waals surface area contributed by atoms with Crippen LogP contribution in [0.2, 0.25) is 0 Å². The highest BCUT2D eigenvalue weighted by atomic mass is 32.2. The predicted molar refractivity (Wildman–Crippen MR) is 75.2 cm³/mol. The molecule has 0 amide bonds. The van der Waals surface area contributed by atoms with E-state index in [-0.39, 0.29) is 4.90 Å². The van der Waals surface area contributed by atoms with E-state index in [0.717, 1.165) is 6.26 Å². The van der Waals surface area contributed by atoms with Gasteiger partial charge in [0.05, 0.1) is 22.2 Å². The maximum Gasteiger partial charge on any atom is 0.175 e. The van der Waals surface area contributed by atoms with Gasteiger partial charge in [-0.05, 0) is 30.3 Å². The van der Waals surface area contributed by atoms with E-state index in [0.29, 0.717) is 22.7 Å². The molecule has 0 bridgehead atoms. The van der Waals surface area contributed by atoms with Crippen molar-refractivity contribution in [3.05, 3.63) is 48.0 Å². The molecule has 5 nitrogen and oxygen atoms in total. The maximum absolute atomic E-state index is 11.5. The van der Waals surface area contributed by atoms with Gasteiger partial charge >= 0.3 is 0 Å². The molecule has 0 saturated carbocycles. The average molecular weight is 288 g/mol.